The fourth-order valence-electron chi connectivity index (χ4n) is 2.72. The van der Waals surface area contributed by atoms with Crippen LogP contribution in [0, 0.1) is 0 Å². The van der Waals surface area contributed by atoms with Gasteiger partial charge in [0.1, 0.15) is 5.75 Å². The van der Waals surface area contributed by atoms with E-state index in [0.717, 1.165) is 4.31 Å². The van der Waals surface area contributed by atoms with Crippen molar-refractivity contribution in [2.24, 2.45) is 0 Å². The van der Waals surface area contributed by atoms with Crippen molar-refractivity contribution >= 4 is 15.7 Å². The summed E-state index contributed by atoms with van der Waals surface area (Å²) in [6.45, 7) is -0.0465. The van der Waals surface area contributed by atoms with E-state index in [1.807, 2.05) is 0 Å². The number of pyridine rings is 1. The van der Waals surface area contributed by atoms with E-state index in [4.69, 9.17) is 9.47 Å². The van der Waals surface area contributed by atoms with Gasteiger partial charge in [-0.2, -0.15) is 0 Å². The van der Waals surface area contributed by atoms with Crippen LogP contribution in [0.2, 0.25) is 0 Å². The van der Waals surface area contributed by atoms with Crippen molar-refractivity contribution in [1.82, 2.24) is 4.98 Å². The summed E-state index contributed by atoms with van der Waals surface area (Å²) in [5, 5.41) is 10.3. The fraction of sp³-hybridized carbons (Fsp3) is 0.150. The number of methoxy groups -OCH3 is 2. The Morgan fingerprint density at radius 3 is 2.32 bits per heavy atom. The predicted octanol–water partition coefficient (Wildman–Crippen LogP) is 3.20. The number of aromatic hydroxyl groups is 1. The summed E-state index contributed by atoms with van der Waals surface area (Å²) in [5.41, 5.74) is 0.692. The van der Waals surface area contributed by atoms with Crippen molar-refractivity contribution < 1.29 is 23.0 Å². The lowest BCUT2D eigenvalue weighted by Crippen LogP contribution is -2.31. The number of ether oxygens (including phenoxy) is 2. The van der Waals surface area contributed by atoms with Crippen molar-refractivity contribution in [3.8, 4) is 17.2 Å². The van der Waals surface area contributed by atoms with Crippen LogP contribution < -0.4 is 13.8 Å². The SMILES string of the molecule is COc1ccc(S(=O)(=O)N(Cc2ccccn2)c2ccccc2O)cc1OC. The lowest BCUT2D eigenvalue weighted by Gasteiger charge is -2.25. The Morgan fingerprint density at radius 2 is 1.68 bits per heavy atom. The number of sulfonamides is 1. The third-order valence-electron chi connectivity index (χ3n) is 4.13. The van der Waals surface area contributed by atoms with Crippen molar-refractivity contribution in [3.63, 3.8) is 0 Å². The van der Waals surface area contributed by atoms with Gasteiger partial charge in [-0.1, -0.05) is 18.2 Å². The molecule has 0 saturated carbocycles. The average Bonchev–Trinajstić information content (AvgIpc) is 2.72. The lowest BCUT2D eigenvalue weighted by atomic mass is 10.3. The van der Waals surface area contributed by atoms with E-state index in [2.05, 4.69) is 4.98 Å². The molecule has 8 heteroatoms. The minimum Gasteiger partial charge on any atom is -0.506 e. The maximum Gasteiger partial charge on any atom is 0.264 e. The Labute approximate surface area is 163 Å². The second-order valence-electron chi connectivity index (χ2n) is 5.84. The van der Waals surface area contributed by atoms with Crippen LogP contribution in [0.3, 0.4) is 0 Å². The van der Waals surface area contributed by atoms with Crippen LogP contribution in [-0.2, 0) is 16.6 Å². The zero-order valence-corrected chi connectivity index (χ0v) is 16.3. The summed E-state index contributed by atoms with van der Waals surface area (Å²) >= 11 is 0. The summed E-state index contributed by atoms with van der Waals surface area (Å²) in [5.74, 6) is 0.557. The van der Waals surface area contributed by atoms with Gasteiger partial charge >= 0.3 is 0 Å². The predicted molar refractivity (Wildman–Crippen MR) is 105 cm³/mol. The molecule has 1 aromatic heterocycles. The summed E-state index contributed by atoms with van der Waals surface area (Å²) < 4.78 is 38.4. The fourth-order valence-corrected chi connectivity index (χ4v) is 4.18. The third-order valence-corrected chi connectivity index (χ3v) is 5.88. The van der Waals surface area contributed by atoms with Crippen molar-refractivity contribution in [2.75, 3.05) is 18.5 Å². The summed E-state index contributed by atoms with van der Waals surface area (Å²) in [4.78, 5) is 4.21. The number of nitrogens with zero attached hydrogens (tertiary/aromatic N) is 2. The molecule has 0 radical (unpaired) electrons. The Kier molecular flexibility index (Phi) is 5.70. The van der Waals surface area contributed by atoms with E-state index < -0.39 is 10.0 Å². The highest BCUT2D eigenvalue weighted by molar-refractivity contribution is 7.92. The van der Waals surface area contributed by atoms with E-state index in [9.17, 15) is 13.5 Å². The molecule has 0 unspecified atom stereocenters. The molecule has 0 fully saturated rings. The highest BCUT2D eigenvalue weighted by Crippen LogP contribution is 2.35. The van der Waals surface area contributed by atoms with Crippen LogP contribution in [0.25, 0.3) is 0 Å². The smallest absolute Gasteiger partial charge is 0.264 e. The van der Waals surface area contributed by atoms with Gasteiger partial charge in [-0.25, -0.2) is 8.42 Å². The van der Waals surface area contributed by atoms with Crippen molar-refractivity contribution in [2.45, 2.75) is 11.4 Å². The summed E-state index contributed by atoms with van der Waals surface area (Å²) in [6.07, 6.45) is 1.58. The van der Waals surface area contributed by atoms with Gasteiger partial charge < -0.3 is 14.6 Å². The van der Waals surface area contributed by atoms with E-state index in [1.165, 1.54) is 44.6 Å². The first-order chi connectivity index (χ1) is 13.5. The number of anilines is 1. The standard InChI is InChI=1S/C20H20N2O5S/c1-26-19-11-10-16(13-20(19)27-2)28(24,25)22(14-15-7-5-6-12-21-15)17-8-3-4-9-18(17)23/h3-13,23H,14H2,1-2H3. The molecule has 3 rings (SSSR count). The number of benzene rings is 2. The van der Waals surface area contributed by atoms with Gasteiger partial charge in [-0.15, -0.1) is 0 Å². The Bertz CT molecular complexity index is 1060. The van der Waals surface area contributed by atoms with Crippen LogP contribution in [-0.4, -0.2) is 32.7 Å². The highest BCUT2D eigenvalue weighted by atomic mass is 32.2. The molecule has 2 aromatic carbocycles. The summed E-state index contributed by atoms with van der Waals surface area (Å²) in [7, 11) is -1.13. The maximum atomic E-state index is 13.4. The number of rotatable bonds is 7. The monoisotopic (exact) mass is 400 g/mol. The Balaban J connectivity index is 2.12. The van der Waals surface area contributed by atoms with Gasteiger partial charge in [-0.3, -0.25) is 9.29 Å². The molecule has 0 atom stereocenters. The van der Waals surface area contributed by atoms with E-state index in [1.54, 1.807) is 36.5 Å². The van der Waals surface area contributed by atoms with Crippen molar-refractivity contribution in [3.05, 3.63) is 72.6 Å². The largest absolute Gasteiger partial charge is 0.506 e. The molecule has 28 heavy (non-hydrogen) atoms. The first kappa shape index (κ1) is 19.5. The minimum absolute atomic E-state index is 0.00401. The maximum absolute atomic E-state index is 13.4. The zero-order chi connectivity index (χ0) is 20.1. The van der Waals surface area contributed by atoms with Gasteiger partial charge in [0.2, 0.25) is 0 Å². The van der Waals surface area contributed by atoms with Gasteiger partial charge in [0.25, 0.3) is 10.0 Å². The molecule has 0 aliphatic heterocycles. The quantitative estimate of drug-likeness (QED) is 0.655. The Hall–Kier alpha value is -3.26. The first-order valence-electron chi connectivity index (χ1n) is 8.40. The molecule has 0 spiro atoms. The number of hydrogen-bond donors (Lipinski definition) is 1. The molecule has 0 saturated heterocycles. The average molecular weight is 400 g/mol. The first-order valence-corrected chi connectivity index (χ1v) is 9.84. The number of para-hydroxylation sites is 2. The molecule has 0 aliphatic carbocycles. The van der Waals surface area contributed by atoms with Crippen molar-refractivity contribution in [1.29, 1.82) is 0 Å². The van der Waals surface area contributed by atoms with Crippen LogP contribution in [0.4, 0.5) is 5.69 Å². The van der Waals surface area contributed by atoms with Crippen LogP contribution in [0.5, 0.6) is 17.2 Å². The number of phenolic OH excluding ortho intramolecular Hbond substituents is 1. The number of hydrogen-bond acceptors (Lipinski definition) is 6. The molecule has 3 aromatic rings. The molecule has 146 valence electrons. The normalized spacial score (nSPS) is 11.1. The second-order valence-corrected chi connectivity index (χ2v) is 7.70. The molecular weight excluding hydrogens is 380 g/mol. The lowest BCUT2D eigenvalue weighted by molar-refractivity contribution is 0.354. The molecule has 1 heterocycles. The third kappa shape index (κ3) is 3.86. The summed E-state index contributed by atoms with van der Waals surface area (Å²) in [6, 6.07) is 15.8. The molecular formula is C20H20N2O5S. The number of aromatic nitrogens is 1. The molecule has 0 amide bonds. The van der Waals surface area contributed by atoms with Gasteiger partial charge in [0.05, 0.1) is 37.0 Å². The second kappa shape index (κ2) is 8.18. The molecule has 0 aliphatic rings. The van der Waals surface area contributed by atoms with Gasteiger partial charge in [0, 0.05) is 12.3 Å². The van der Waals surface area contributed by atoms with Crippen LogP contribution >= 0.6 is 0 Å². The topological polar surface area (TPSA) is 89.0 Å². The number of phenols is 1. The van der Waals surface area contributed by atoms with Gasteiger partial charge in [0.15, 0.2) is 11.5 Å². The van der Waals surface area contributed by atoms with Crippen LogP contribution in [0.15, 0.2) is 71.8 Å². The van der Waals surface area contributed by atoms with Gasteiger partial charge in [-0.05, 0) is 36.4 Å². The van der Waals surface area contributed by atoms with E-state index in [0.29, 0.717) is 17.2 Å². The highest BCUT2D eigenvalue weighted by Gasteiger charge is 2.28. The zero-order valence-electron chi connectivity index (χ0n) is 15.4. The molecule has 1 N–H and O–H groups in total. The van der Waals surface area contributed by atoms with Crippen LogP contribution in [0.1, 0.15) is 5.69 Å². The van der Waals surface area contributed by atoms with E-state index >= 15 is 0 Å². The minimum atomic E-state index is -4.03. The Morgan fingerprint density at radius 1 is 0.964 bits per heavy atom. The molecule has 0 bridgehead atoms. The van der Waals surface area contributed by atoms with E-state index in [-0.39, 0.29) is 22.9 Å². The molecule has 7 nitrogen and oxygen atoms in total.